The lowest BCUT2D eigenvalue weighted by atomic mass is 10.1. The molecule has 1 amide bonds. The van der Waals surface area contributed by atoms with Gasteiger partial charge >= 0.3 is 0 Å². The first-order valence-corrected chi connectivity index (χ1v) is 11.3. The minimum Gasteiger partial charge on any atom is -0.356 e. The molecule has 2 aromatic carbocycles. The molecule has 5 rings (SSSR count). The molecule has 1 saturated heterocycles. The SMILES string of the molecule is O=C(NCc1cccnc1N1CCCCC1)c1nc(-c2ccccc2)n(-c2ccccc2)n1. The second kappa shape index (κ2) is 9.65. The van der Waals surface area contributed by atoms with Gasteiger partial charge in [0.25, 0.3) is 5.91 Å². The molecule has 0 saturated carbocycles. The van der Waals surface area contributed by atoms with Crippen LogP contribution in [0, 0.1) is 0 Å². The highest BCUT2D eigenvalue weighted by atomic mass is 16.2. The third-order valence-electron chi connectivity index (χ3n) is 5.81. The van der Waals surface area contributed by atoms with Gasteiger partial charge in [0.05, 0.1) is 5.69 Å². The van der Waals surface area contributed by atoms with E-state index in [1.54, 1.807) is 4.68 Å². The number of piperidine rings is 1. The second-order valence-electron chi connectivity index (χ2n) is 8.09. The zero-order valence-electron chi connectivity index (χ0n) is 18.4. The lowest BCUT2D eigenvalue weighted by Gasteiger charge is -2.29. The van der Waals surface area contributed by atoms with Crippen molar-refractivity contribution < 1.29 is 4.79 Å². The molecule has 1 N–H and O–H groups in total. The molecule has 0 unspecified atom stereocenters. The number of nitrogens with zero attached hydrogens (tertiary/aromatic N) is 5. The maximum absolute atomic E-state index is 13.1. The number of carbonyl (C=O) groups is 1. The van der Waals surface area contributed by atoms with Crippen LogP contribution in [0.1, 0.15) is 35.4 Å². The number of hydrogen-bond donors (Lipinski definition) is 1. The summed E-state index contributed by atoms with van der Waals surface area (Å²) in [6.45, 7) is 2.38. The van der Waals surface area contributed by atoms with Gasteiger partial charge in [-0.15, -0.1) is 5.10 Å². The van der Waals surface area contributed by atoms with Crippen molar-refractivity contribution in [3.63, 3.8) is 0 Å². The molecule has 1 aliphatic rings. The van der Waals surface area contributed by atoms with Crippen LogP contribution >= 0.6 is 0 Å². The molecule has 0 bridgehead atoms. The zero-order valence-corrected chi connectivity index (χ0v) is 18.4. The third kappa shape index (κ3) is 4.62. The van der Waals surface area contributed by atoms with Crippen molar-refractivity contribution >= 4 is 11.7 Å². The normalized spacial score (nSPS) is 13.6. The van der Waals surface area contributed by atoms with Gasteiger partial charge in [0.15, 0.2) is 5.82 Å². The first-order chi connectivity index (χ1) is 16.3. The van der Waals surface area contributed by atoms with Crippen LogP contribution in [0.4, 0.5) is 5.82 Å². The van der Waals surface area contributed by atoms with Crippen molar-refractivity contribution in [2.75, 3.05) is 18.0 Å². The van der Waals surface area contributed by atoms with Gasteiger partial charge < -0.3 is 10.2 Å². The minimum absolute atomic E-state index is 0.140. The molecule has 1 aliphatic heterocycles. The summed E-state index contributed by atoms with van der Waals surface area (Å²) < 4.78 is 1.72. The molecule has 0 atom stereocenters. The fraction of sp³-hybridized carbons (Fsp3) is 0.231. The molecule has 7 heteroatoms. The van der Waals surface area contributed by atoms with Gasteiger partial charge in [-0.1, -0.05) is 54.6 Å². The van der Waals surface area contributed by atoms with E-state index >= 15 is 0 Å². The lowest BCUT2D eigenvalue weighted by molar-refractivity contribution is 0.0940. The molecule has 0 aliphatic carbocycles. The van der Waals surface area contributed by atoms with E-state index in [2.05, 4.69) is 25.3 Å². The number of rotatable bonds is 6. The summed E-state index contributed by atoms with van der Waals surface area (Å²) in [6, 6.07) is 23.4. The van der Waals surface area contributed by atoms with E-state index in [9.17, 15) is 4.79 Å². The number of nitrogens with one attached hydrogen (secondary N) is 1. The van der Waals surface area contributed by atoms with E-state index < -0.39 is 0 Å². The van der Waals surface area contributed by atoms with Crippen molar-refractivity contribution in [1.29, 1.82) is 0 Å². The van der Waals surface area contributed by atoms with Crippen LogP contribution < -0.4 is 10.2 Å². The Morgan fingerprint density at radius 2 is 1.61 bits per heavy atom. The quantitative estimate of drug-likeness (QED) is 0.487. The van der Waals surface area contributed by atoms with Crippen LogP contribution in [0.2, 0.25) is 0 Å². The van der Waals surface area contributed by atoms with Crippen LogP contribution in [0.5, 0.6) is 0 Å². The number of aromatic nitrogens is 4. The Labute approximate surface area is 193 Å². The van der Waals surface area contributed by atoms with Crippen LogP contribution in [-0.2, 0) is 6.54 Å². The third-order valence-corrected chi connectivity index (χ3v) is 5.81. The number of para-hydroxylation sites is 1. The summed E-state index contributed by atoms with van der Waals surface area (Å²) in [5.74, 6) is 1.41. The van der Waals surface area contributed by atoms with Crippen molar-refractivity contribution in [2.24, 2.45) is 0 Å². The fourth-order valence-electron chi connectivity index (χ4n) is 4.14. The molecule has 1 fully saturated rings. The molecule has 166 valence electrons. The summed E-state index contributed by atoms with van der Waals surface area (Å²) in [4.78, 5) is 24.5. The number of anilines is 1. The van der Waals surface area contributed by atoms with Crippen molar-refractivity contribution in [3.05, 3.63) is 90.4 Å². The van der Waals surface area contributed by atoms with Gasteiger partial charge in [0.1, 0.15) is 5.82 Å². The van der Waals surface area contributed by atoms with Crippen molar-refractivity contribution in [1.82, 2.24) is 25.1 Å². The fourth-order valence-corrected chi connectivity index (χ4v) is 4.14. The number of benzene rings is 2. The average molecular weight is 439 g/mol. The number of amides is 1. The standard InChI is InChI=1S/C26H26N6O/c33-26(28-19-21-13-10-16-27-24(21)31-17-8-3-9-18-31)23-29-25(20-11-4-1-5-12-20)32(30-23)22-14-6-2-7-15-22/h1-2,4-7,10-16H,3,8-9,17-19H2,(H,28,33). The highest BCUT2D eigenvalue weighted by Crippen LogP contribution is 2.23. The van der Waals surface area contributed by atoms with Gasteiger partial charge in [-0.3, -0.25) is 4.79 Å². The van der Waals surface area contributed by atoms with Gasteiger partial charge in [-0.25, -0.2) is 14.6 Å². The van der Waals surface area contributed by atoms with E-state index in [0.717, 1.165) is 35.7 Å². The summed E-state index contributed by atoms with van der Waals surface area (Å²) in [5, 5.41) is 7.54. The highest BCUT2D eigenvalue weighted by Gasteiger charge is 2.20. The highest BCUT2D eigenvalue weighted by molar-refractivity contribution is 5.91. The molecule has 33 heavy (non-hydrogen) atoms. The first-order valence-electron chi connectivity index (χ1n) is 11.3. The molecule has 3 heterocycles. The maximum atomic E-state index is 13.1. The average Bonchev–Trinajstić information content (AvgIpc) is 3.35. The van der Waals surface area contributed by atoms with Gasteiger partial charge in [-0.2, -0.15) is 0 Å². The Bertz CT molecular complexity index is 1160. The Kier molecular flexibility index (Phi) is 6.10. The Hall–Kier alpha value is -4.00. The Balaban J connectivity index is 1.39. The monoisotopic (exact) mass is 438 g/mol. The second-order valence-corrected chi connectivity index (χ2v) is 8.09. The van der Waals surface area contributed by atoms with Gasteiger partial charge in [0, 0.05) is 37.0 Å². The molecule has 0 spiro atoms. The topological polar surface area (TPSA) is 75.9 Å². The largest absolute Gasteiger partial charge is 0.356 e. The lowest BCUT2D eigenvalue weighted by Crippen LogP contribution is -2.32. The Morgan fingerprint density at radius 1 is 0.879 bits per heavy atom. The number of hydrogen-bond acceptors (Lipinski definition) is 5. The van der Waals surface area contributed by atoms with Crippen molar-refractivity contribution in [3.8, 4) is 17.1 Å². The van der Waals surface area contributed by atoms with E-state index in [4.69, 9.17) is 0 Å². The predicted octanol–water partition coefficient (Wildman–Crippen LogP) is 4.25. The van der Waals surface area contributed by atoms with Crippen LogP contribution in [-0.4, -0.2) is 38.7 Å². The van der Waals surface area contributed by atoms with E-state index in [1.807, 2.05) is 79.0 Å². The Morgan fingerprint density at radius 3 is 2.36 bits per heavy atom. The van der Waals surface area contributed by atoms with Crippen molar-refractivity contribution in [2.45, 2.75) is 25.8 Å². The van der Waals surface area contributed by atoms with Crippen LogP contribution in [0.3, 0.4) is 0 Å². The molecular formula is C26H26N6O. The van der Waals surface area contributed by atoms with Crippen LogP contribution in [0.25, 0.3) is 17.1 Å². The molecule has 2 aromatic heterocycles. The summed E-state index contributed by atoms with van der Waals surface area (Å²) in [6.07, 6.45) is 5.41. The maximum Gasteiger partial charge on any atom is 0.291 e. The molecule has 0 radical (unpaired) electrons. The van der Waals surface area contributed by atoms with Gasteiger partial charge in [-0.05, 0) is 37.5 Å². The van der Waals surface area contributed by atoms with E-state index in [0.29, 0.717) is 12.4 Å². The van der Waals surface area contributed by atoms with Gasteiger partial charge in [0.2, 0.25) is 5.82 Å². The number of carbonyl (C=O) groups excluding carboxylic acids is 1. The summed E-state index contributed by atoms with van der Waals surface area (Å²) >= 11 is 0. The molecular weight excluding hydrogens is 412 g/mol. The molecule has 7 nitrogen and oxygen atoms in total. The summed E-state index contributed by atoms with van der Waals surface area (Å²) in [7, 11) is 0. The number of pyridine rings is 1. The molecule has 4 aromatic rings. The van der Waals surface area contributed by atoms with E-state index in [1.165, 1.54) is 19.3 Å². The van der Waals surface area contributed by atoms with E-state index in [-0.39, 0.29) is 11.7 Å². The zero-order chi connectivity index (χ0) is 22.5. The first kappa shape index (κ1) is 20.9. The smallest absolute Gasteiger partial charge is 0.291 e. The minimum atomic E-state index is -0.310. The summed E-state index contributed by atoms with van der Waals surface area (Å²) in [5.41, 5.74) is 2.74. The predicted molar refractivity (Wildman–Crippen MR) is 128 cm³/mol. The van der Waals surface area contributed by atoms with Crippen LogP contribution in [0.15, 0.2) is 79.0 Å².